The average Bonchev–Trinajstić information content (AvgIpc) is 2.72. The third-order valence-corrected chi connectivity index (χ3v) is 3.31. The second-order valence-electron chi connectivity index (χ2n) is 3.47. The van der Waals surface area contributed by atoms with Crippen LogP contribution >= 0.6 is 23.4 Å². The molecule has 8 heteroatoms. The van der Waals surface area contributed by atoms with Crippen LogP contribution in [0.2, 0.25) is 5.02 Å². The maximum Gasteiger partial charge on any atom is 0.417 e. The molecule has 0 aromatic carbocycles. The van der Waals surface area contributed by atoms with Crippen molar-refractivity contribution in [2.45, 2.75) is 18.3 Å². The molecule has 0 radical (unpaired) electrons. The molecule has 0 unspecified atom stereocenters. The van der Waals surface area contributed by atoms with Gasteiger partial charge in [-0.2, -0.15) is 13.2 Å². The lowest BCUT2D eigenvalue weighted by Gasteiger charge is -2.08. The monoisotopic (exact) mass is 305 g/mol. The Hall–Kier alpha value is -1.39. The Morgan fingerprint density at radius 1 is 1.42 bits per heavy atom. The second-order valence-corrected chi connectivity index (χ2v) is 4.82. The Labute approximate surface area is 116 Å². The van der Waals surface area contributed by atoms with E-state index in [1.807, 2.05) is 0 Å². The maximum atomic E-state index is 12.7. The van der Waals surface area contributed by atoms with E-state index < -0.39 is 11.7 Å². The molecule has 2 aromatic heterocycles. The summed E-state index contributed by atoms with van der Waals surface area (Å²) in [4.78, 5) is 0. The summed E-state index contributed by atoms with van der Waals surface area (Å²) in [6, 6.07) is 0.839. The zero-order valence-electron chi connectivity index (χ0n) is 9.62. The van der Waals surface area contributed by atoms with Crippen LogP contribution in [0.25, 0.3) is 5.65 Å². The molecule has 0 bridgehead atoms. The average molecular weight is 306 g/mol. The lowest BCUT2D eigenvalue weighted by atomic mass is 10.3. The highest BCUT2D eigenvalue weighted by atomic mass is 35.5. The number of nitrogens with zero attached hydrogens (tertiary/aromatic N) is 3. The summed E-state index contributed by atoms with van der Waals surface area (Å²) >= 11 is 6.98. The summed E-state index contributed by atoms with van der Waals surface area (Å²) < 4.78 is 39.3. The molecule has 0 aliphatic heterocycles. The molecule has 3 nitrogen and oxygen atoms in total. The predicted octanol–water partition coefficient (Wildman–Crippen LogP) is 3.52. The SMILES string of the molecule is CC#CCSc1nnc2c(Cl)cc(C(F)(F)F)cn12. The van der Waals surface area contributed by atoms with E-state index in [1.54, 1.807) is 6.92 Å². The number of alkyl halides is 3. The molecule has 0 atom stereocenters. The minimum Gasteiger partial charge on any atom is -0.276 e. The lowest BCUT2D eigenvalue weighted by molar-refractivity contribution is -0.137. The molecule has 2 aromatic rings. The number of thioether (sulfide) groups is 1. The van der Waals surface area contributed by atoms with E-state index in [9.17, 15) is 13.2 Å². The van der Waals surface area contributed by atoms with Crippen LogP contribution in [0, 0.1) is 11.8 Å². The first kappa shape index (κ1) is 14.0. The van der Waals surface area contributed by atoms with Gasteiger partial charge in [0.05, 0.1) is 16.3 Å². The Bertz CT molecular complexity index is 669. The van der Waals surface area contributed by atoms with Gasteiger partial charge in [-0.05, 0) is 13.0 Å². The summed E-state index contributed by atoms with van der Waals surface area (Å²) in [5.74, 6) is 5.90. The molecule has 0 spiro atoms. The molecule has 0 saturated heterocycles. The number of hydrogen-bond donors (Lipinski definition) is 0. The maximum absolute atomic E-state index is 12.7. The van der Waals surface area contributed by atoms with Crippen molar-refractivity contribution in [1.29, 1.82) is 0 Å². The van der Waals surface area contributed by atoms with Gasteiger partial charge < -0.3 is 0 Å². The van der Waals surface area contributed by atoms with Crippen LogP contribution < -0.4 is 0 Å². The Morgan fingerprint density at radius 3 is 2.79 bits per heavy atom. The van der Waals surface area contributed by atoms with Crippen molar-refractivity contribution in [2.75, 3.05) is 5.75 Å². The van der Waals surface area contributed by atoms with Gasteiger partial charge >= 0.3 is 6.18 Å². The van der Waals surface area contributed by atoms with E-state index in [0.29, 0.717) is 10.9 Å². The first-order valence-electron chi connectivity index (χ1n) is 5.07. The normalized spacial score (nSPS) is 11.4. The van der Waals surface area contributed by atoms with Gasteiger partial charge in [-0.3, -0.25) is 4.40 Å². The van der Waals surface area contributed by atoms with E-state index >= 15 is 0 Å². The van der Waals surface area contributed by atoms with Gasteiger partial charge in [0.2, 0.25) is 0 Å². The highest BCUT2D eigenvalue weighted by molar-refractivity contribution is 7.99. The van der Waals surface area contributed by atoms with Gasteiger partial charge in [0, 0.05) is 6.20 Å². The first-order chi connectivity index (χ1) is 8.93. The van der Waals surface area contributed by atoms with Crippen molar-refractivity contribution in [3.63, 3.8) is 0 Å². The van der Waals surface area contributed by atoms with Crippen molar-refractivity contribution in [3.8, 4) is 11.8 Å². The highest BCUT2D eigenvalue weighted by Gasteiger charge is 2.32. The van der Waals surface area contributed by atoms with E-state index in [4.69, 9.17) is 11.6 Å². The Kier molecular flexibility index (Phi) is 3.92. The van der Waals surface area contributed by atoms with Crippen molar-refractivity contribution in [2.24, 2.45) is 0 Å². The van der Waals surface area contributed by atoms with Crippen LogP contribution in [0.3, 0.4) is 0 Å². The molecule has 2 rings (SSSR count). The van der Waals surface area contributed by atoms with E-state index in [0.717, 1.165) is 12.3 Å². The summed E-state index contributed by atoms with van der Waals surface area (Å²) in [7, 11) is 0. The van der Waals surface area contributed by atoms with Crippen LogP contribution in [0.15, 0.2) is 17.4 Å². The van der Waals surface area contributed by atoms with Crippen LogP contribution in [-0.2, 0) is 6.18 Å². The van der Waals surface area contributed by atoms with E-state index in [2.05, 4.69) is 22.0 Å². The zero-order valence-corrected chi connectivity index (χ0v) is 11.2. The van der Waals surface area contributed by atoms with E-state index in [1.165, 1.54) is 16.2 Å². The Morgan fingerprint density at radius 2 is 2.16 bits per heavy atom. The molecular formula is C11H7ClF3N3S. The molecular weight excluding hydrogens is 299 g/mol. The second kappa shape index (κ2) is 5.31. The van der Waals surface area contributed by atoms with Gasteiger partial charge in [-0.25, -0.2) is 0 Å². The van der Waals surface area contributed by atoms with Gasteiger partial charge in [0.15, 0.2) is 10.8 Å². The van der Waals surface area contributed by atoms with Gasteiger partial charge in [-0.1, -0.05) is 29.3 Å². The van der Waals surface area contributed by atoms with Crippen LogP contribution in [0.5, 0.6) is 0 Å². The topological polar surface area (TPSA) is 30.2 Å². The molecule has 0 amide bonds. The first-order valence-corrected chi connectivity index (χ1v) is 6.43. The highest BCUT2D eigenvalue weighted by Crippen LogP contribution is 2.33. The van der Waals surface area contributed by atoms with Crippen molar-refractivity contribution < 1.29 is 13.2 Å². The lowest BCUT2D eigenvalue weighted by Crippen LogP contribution is -2.07. The number of pyridine rings is 1. The smallest absolute Gasteiger partial charge is 0.276 e. The van der Waals surface area contributed by atoms with Crippen LogP contribution in [-0.4, -0.2) is 20.4 Å². The number of hydrogen-bond acceptors (Lipinski definition) is 3. The van der Waals surface area contributed by atoms with E-state index in [-0.39, 0.29) is 10.7 Å². The molecule has 0 saturated carbocycles. The van der Waals surface area contributed by atoms with Gasteiger partial charge in [-0.15, -0.1) is 16.1 Å². The number of rotatable bonds is 2. The third kappa shape index (κ3) is 2.96. The van der Waals surface area contributed by atoms with Crippen molar-refractivity contribution in [3.05, 3.63) is 22.8 Å². The van der Waals surface area contributed by atoms with Crippen LogP contribution in [0.1, 0.15) is 12.5 Å². The van der Waals surface area contributed by atoms with Crippen LogP contribution in [0.4, 0.5) is 13.2 Å². The minimum atomic E-state index is -4.47. The summed E-state index contributed by atoms with van der Waals surface area (Å²) in [6.45, 7) is 1.68. The molecule has 100 valence electrons. The fraction of sp³-hybridized carbons (Fsp3) is 0.273. The summed E-state index contributed by atoms with van der Waals surface area (Å²) in [5, 5.41) is 7.81. The number of fused-ring (bicyclic) bond motifs is 1. The summed E-state index contributed by atoms with van der Waals surface area (Å²) in [5.41, 5.74) is -0.644. The zero-order chi connectivity index (χ0) is 14.0. The fourth-order valence-corrected chi connectivity index (χ4v) is 2.33. The quantitative estimate of drug-likeness (QED) is 0.628. The molecule has 2 heterocycles. The minimum absolute atomic E-state index is 0.0873. The number of aromatic nitrogens is 3. The van der Waals surface area contributed by atoms with Crippen molar-refractivity contribution >= 4 is 29.0 Å². The molecule has 19 heavy (non-hydrogen) atoms. The summed E-state index contributed by atoms with van der Waals surface area (Å²) in [6.07, 6.45) is -3.53. The van der Waals surface area contributed by atoms with Gasteiger partial charge in [0.1, 0.15) is 0 Å². The van der Waals surface area contributed by atoms with Crippen molar-refractivity contribution in [1.82, 2.24) is 14.6 Å². The predicted molar refractivity (Wildman–Crippen MR) is 67.2 cm³/mol. The largest absolute Gasteiger partial charge is 0.417 e. The number of halogens is 4. The standard InChI is InChI=1S/C11H7ClF3N3S/c1-2-3-4-19-10-17-16-9-8(12)5-7(6-18(9)10)11(13,14)15/h5-6H,4H2,1H3. The molecule has 0 N–H and O–H groups in total. The Balaban J connectivity index is 2.49. The third-order valence-electron chi connectivity index (χ3n) is 2.21. The molecule has 0 fully saturated rings. The van der Waals surface area contributed by atoms with Gasteiger partial charge in [0.25, 0.3) is 0 Å². The fourth-order valence-electron chi connectivity index (χ4n) is 1.36. The molecule has 0 aliphatic rings. The molecule has 0 aliphatic carbocycles.